The highest BCUT2D eigenvalue weighted by Crippen LogP contribution is 2.30. The maximum absolute atomic E-state index is 13.6. The average molecular weight is 507 g/mol. The lowest BCUT2D eigenvalue weighted by Gasteiger charge is -2.33. The summed E-state index contributed by atoms with van der Waals surface area (Å²) in [6.45, 7) is 1.86. The van der Waals surface area contributed by atoms with Gasteiger partial charge in [-0.05, 0) is 31.4 Å². The van der Waals surface area contributed by atoms with Gasteiger partial charge in [0, 0.05) is 19.0 Å². The fourth-order valence-electron chi connectivity index (χ4n) is 3.80. The zero-order chi connectivity index (χ0) is 25.6. The molecule has 0 radical (unpaired) electrons. The summed E-state index contributed by atoms with van der Waals surface area (Å²) in [6, 6.07) is 11.3. The lowest BCUT2D eigenvalue weighted by molar-refractivity contribution is -0.123. The number of amides is 1. The van der Waals surface area contributed by atoms with Gasteiger partial charge in [-0.25, -0.2) is 27.0 Å². The summed E-state index contributed by atoms with van der Waals surface area (Å²) in [5.74, 6) is -2.61. The van der Waals surface area contributed by atoms with Crippen LogP contribution >= 0.6 is 0 Å². The van der Waals surface area contributed by atoms with Crippen LogP contribution in [0.2, 0.25) is 0 Å². The van der Waals surface area contributed by atoms with E-state index < -0.39 is 45.5 Å². The van der Waals surface area contributed by atoms with Gasteiger partial charge in [0.25, 0.3) is 6.43 Å². The van der Waals surface area contributed by atoms with E-state index in [0.717, 1.165) is 6.07 Å². The third kappa shape index (κ3) is 6.51. The fraction of sp³-hybridized carbons (Fsp3) is 0.391. The van der Waals surface area contributed by atoms with Crippen LogP contribution in [-0.2, 0) is 25.3 Å². The lowest BCUT2D eigenvalue weighted by atomic mass is 9.96. The minimum atomic E-state index is -3.89. The summed E-state index contributed by atoms with van der Waals surface area (Å²) in [6.07, 6.45) is -2.62. The van der Waals surface area contributed by atoms with Gasteiger partial charge in [-0.3, -0.25) is 9.52 Å². The molecule has 1 aliphatic rings. The first-order chi connectivity index (χ1) is 16.6. The Kier molecular flexibility index (Phi) is 8.34. The molecule has 9 nitrogen and oxygen atoms in total. The molecule has 0 saturated carbocycles. The SMILES string of the molecule is CCOC(=O)c1cc(C#N)c(N2CCC(C(=O)NS(=O)(=O)Cc3ccccc3)CC2)nc1C(F)F. The highest BCUT2D eigenvalue weighted by molar-refractivity contribution is 7.89. The van der Waals surface area contributed by atoms with Gasteiger partial charge >= 0.3 is 5.97 Å². The number of rotatable bonds is 8. The monoisotopic (exact) mass is 506 g/mol. The van der Waals surface area contributed by atoms with Crippen molar-refractivity contribution in [1.82, 2.24) is 9.71 Å². The first kappa shape index (κ1) is 26.0. The molecule has 12 heteroatoms. The van der Waals surface area contributed by atoms with Crippen LogP contribution in [-0.4, -0.2) is 45.0 Å². The number of ether oxygens (including phenoxy) is 1. The molecule has 0 atom stereocenters. The van der Waals surface area contributed by atoms with Crippen molar-refractivity contribution >= 4 is 27.7 Å². The number of anilines is 1. The first-order valence-corrected chi connectivity index (χ1v) is 12.5. The number of benzene rings is 1. The van der Waals surface area contributed by atoms with Crippen LogP contribution in [0.25, 0.3) is 0 Å². The van der Waals surface area contributed by atoms with Gasteiger partial charge in [-0.1, -0.05) is 30.3 Å². The molecule has 186 valence electrons. The molecule has 1 saturated heterocycles. The molecule has 0 unspecified atom stereocenters. The minimum absolute atomic E-state index is 0.0218. The van der Waals surface area contributed by atoms with Gasteiger partial charge in [0.2, 0.25) is 15.9 Å². The first-order valence-electron chi connectivity index (χ1n) is 10.9. The maximum Gasteiger partial charge on any atom is 0.340 e. The molecule has 3 rings (SSSR count). The van der Waals surface area contributed by atoms with E-state index in [0.29, 0.717) is 5.56 Å². The Bertz CT molecular complexity index is 1220. The summed E-state index contributed by atoms with van der Waals surface area (Å²) in [5.41, 5.74) is -0.797. The van der Waals surface area contributed by atoms with E-state index >= 15 is 0 Å². The zero-order valence-corrected chi connectivity index (χ0v) is 19.7. The topological polar surface area (TPSA) is 129 Å². The molecule has 35 heavy (non-hydrogen) atoms. The van der Waals surface area contributed by atoms with Crippen LogP contribution in [0.3, 0.4) is 0 Å². The zero-order valence-electron chi connectivity index (χ0n) is 18.9. The van der Waals surface area contributed by atoms with Crippen LogP contribution in [0.1, 0.15) is 53.4 Å². The molecule has 2 heterocycles. The Morgan fingerprint density at radius 3 is 2.49 bits per heavy atom. The van der Waals surface area contributed by atoms with Crippen molar-refractivity contribution in [2.45, 2.75) is 31.9 Å². The van der Waals surface area contributed by atoms with Crippen LogP contribution < -0.4 is 9.62 Å². The van der Waals surface area contributed by atoms with E-state index in [9.17, 15) is 32.0 Å². The summed E-state index contributed by atoms with van der Waals surface area (Å²) in [4.78, 5) is 30.1. The number of carbonyl (C=O) groups is 2. The Morgan fingerprint density at radius 2 is 1.91 bits per heavy atom. The number of halogens is 2. The molecule has 1 amide bonds. The second-order valence-electron chi connectivity index (χ2n) is 7.90. The molecule has 0 aliphatic carbocycles. The minimum Gasteiger partial charge on any atom is -0.462 e. The second kappa shape index (κ2) is 11.2. The standard InChI is InChI=1S/C23H24F2N4O5S/c1-2-34-23(31)18-12-17(13-26)21(27-19(18)20(24)25)29-10-8-16(9-11-29)22(30)28-35(32,33)14-15-6-4-3-5-7-15/h3-7,12,16,20H,2,8-11,14H2,1H3,(H,28,30). The van der Waals surface area contributed by atoms with Crippen molar-refractivity contribution in [2.75, 3.05) is 24.6 Å². The van der Waals surface area contributed by atoms with E-state index in [1.54, 1.807) is 35.2 Å². The number of alkyl halides is 2. The van der Waals surface area contributed by atoms with Crippen molar-refractivity contribution in [3.05, 3.63) is 58.8 Å². The Labute approximate surface area is 201 Å². The van der Waals surface area contributed by atoms with Gasteiger partial charge in [0.05, 0.1) is 23.5 Å². The number of hydrogen-bond acceptors (Lipinski definition) is 8. The van der Waals surface area contributed by atoms with E-state index in [-0.39, 0.29) is 49.7 Å². The number of nitrogens with one attached hydrogen (secondary N) is 1. The van der Waals surface area contributed by atoms with Crippen LogP contribution in [0, 0.1) is 17.2 Å². The van der Waals surface area contributed by atoms with E-state index in [2.05, 4.69) is 9.71 Å². The van der Waals surface area contributed by atoms with Gasteiger partial charge in [-0.15, -0.1) is 0 Å². The predicted octanol–water partition coefficient (Wildman–Crippen LogP) is 2.93. The number of pyridine rings is 1. The van der Waals surface area contributed by atoms with Crippen LogP contribution in [0.15, 0.2) is 36.4 Å². The third-order valence-electron chi connectivity index (χ3n) is 5.48. The highest BCUT2D eigenvalue weighted by atomic mass is 32.2. The Morgan fingerprint density at radius 1 is 1.26 bits per heavy atom. The third-order valence-corrected chi connectivity index (χ3v) is 6.70. The number of aromatic nitrogens is 1. The summed E-state index contributed by atoms with van der Waals surface area (Å²) in [7, 11) is -3.89. The van der Waals surface area contributed by atoms with Crippen molar-refractivity contribution in [2.24, 2.45) is 5.92 Å². The molecular formula is C23H24F2N4O5S. The molecule has 1 aliphatic heterocycles. The quantitative estimate of drug-likeness (QED) is 0.541. The largest absolute Gasteiger partial charge is 0.462 e. The number of esters is 1. The fourth-order valence-corrected chi connectivity index (χ4v) is 4.98. The molecule has 1 aromatic carbocycles. The number of nitriles is 1. The summed E-state index contributed by atoms with van der Waals surface area (Å²) >= 11 is 0. The molecule has 1 N–H and O–H groups in total. The second-order valence-corrected chi connectivity index (χ2v) is 9.62. The van der Waals surface area contributed by atoms with Crippen molar-refractivity contribution < 1.29 is 31.5 Å². The summed E-state index contributed by atoms with van der Waals surface area (Å²) in [5, 5.41) is 9.52. The number of carbonyl (C=O) groups excluding carboxylic acids is 2. The molecular weight excluding hydrogens is 482 g/mol. The van der Waals surface area contributed by atoms with E-state index in [1.165, 1.54) is 6.92 Å². The Hall–Kier alpha value is -3.59. The van der Waals surface area contributed by atoms with Crippen LogP contribution in [0.5, 0.6) is 0 Å². The van der Waals surface area contributed by atoms with E-state index in [4.69, 9.17) is 4.74 Å². The summed E-state index contributed by atoms with van der Waals surface area (Å²) < 4.78 is 58.8. The molecule has 1 aromatic heterocycles. The van der Waals surface area contributed by atoms with Gasteiger partial charge < -0.3 is 9.64 Å². The average Bonchev–Trinajstić information content (AvgIpc) is 2.83. The molecule has 0 spiro atoms. The van der Waals surface area contributed by atoms with Gasteiger partial charge in [-0.2, -0.15) is 5.26 Å². The van der Waals surface area contributed by atoms with Gasteiger partial charge in [0.15, 0.2) is 0 Å². The smallest absolute Gasteiger partial charge is 0.340 e. The van der Waals surface area contributed by atoms with Crippen LogP contribution in [0.4, 0.5) is 14.6 Å². The normalized spacial score (nSPS) is 14.4. The molecule has 2 aromatic rings. The number of sulfonamides is 1. The van der Waals surface area contributed by atoms with Gasteiger partial charge in [0.1, 0.15) is 17.6 Å². The highest BCUT2D eigenvalue weighted by Gasteiger charge is 2.31. The number of nitrogens with zero attached hydrogens (tertiary/aromatic N) is 3. The Balaban J connectivity index is 1.71. The van der Waals surface area contributed by atoms with Crippen molar-refractivity contribution in [3.63, 3.8) is 0 Å². The van der Waals surface area contributed by atoms with Crippen molar-refractivity contribution in [1.29, 1.82) is 5.26 Å². The number of piperidine rings is 1. The number of hydrogen-bond donors (Lipinski definition) is 1. The van der Waals surface area contributed by atoms with E-state index in [1.807, 2.05) is 6.07 Å². The maximum atomic E-state index is 13.6. The molecule has 0 bridgehead atoms. The lowest BCUT2D eigenvalue weighted by Crippen LogP contribution is -2.43. The van der Waals surface area contributed by atoms with Crippen molar-refractivity contribution in [3.8, 4) is 6.07 Å². The predicted molar refractivity (Wildman–Crippen MR) is 122 cm³/mol. The molecule has 1 fully saturated rings.